The molecule has 0 aliphatic rings. The lowest BCUT2D eigenvalue weighted by Gasteiger charge is -2.51. The Bertz CT molecular complexity index is 3920. The molecule has 9 rings (SSSR count). The third-order valence-corrected chi connectivity index (χ3v) is 70.1. The topological polar surface area (TPSA) is 129 Å². The van der Waals surface area contributed by atoms with Crippen molar-refractivity contribution >= 4 is 175 Å². The minimum absolute atomic E-state index is 0.585. The van der Waals surface area contributed by atoms with Crippen LogP contribution in [-0.2, 0) is 57.6 Å². The van der Waals surface area contributed by atoms with E-state index < -0.39 is 128 Å². The van der Waals surface area contributed by atoms with Crippen molar-refractivity contribution in [3.8, 4) is 0 Å². The summed E-state index contributed by atoms with van der Waals surface area (Å²) in [6, 6.07) is 92.9. The minimum atomic E-state index is -5.66. The lowest BCUT2D eigenvalue weighted by atomic mass is 10.4. The normalized spacial score (nSPS) is 14.4. The maximum atomic E-state index is 8.98. The zero-order valence-corrected chi connectivity index (χ0v) is 81.7. The molecule has 0 N–H and O–H groups in total. The van der Waals surface area contributed by atoms with Gasteiger partial charge in [-0.3, -0.25) is 0 Å². The lowest BCUT2D eigenvalue weighted by molar-refractivity contribution is 0.0830. The predicted molar refractivity (Wildman–Crippen MR) is 471 cm³/mol. The molecule has 0 heterocycles. The molecule has 14 nitrogen and oxygen atoms in total. The van der Waals surface area contributed by atoms with Crippen LogP contribution in [0.15, 0.2) is 273 Å². The molecule has 0 spiro atoms. The summed E-state index contributed by atoms with van der Waals surface area (Å²) in [4.78, 5) is 0. The highest BCUT2D eigenvalue weighted by Crippen LogP contribution is 2.39. The van der Waals surface area contributed by atoms with Crippen molar-refractivity contribution in [3.05, 3.63) is 273 Å². The molecule has 0 amide bonds. The van der Waals surface area contributed by atoms with Crippen LogP contribution in [0.2, 0.25) is 151 Å². The van der Waals surface area contributed by atoms with E-state index in [1.807, 2.05) is 103 Å². The molecule has 9 aromatic rings. The average molecular weight is 1690 g/mol. The molecule has 106 heavy (non-hydrogen) atoms. The summed E-state index contributed by atoms with van der Waals surface area (Å²) >= 11 is 0. The fraction of sp³-hybridized carbons (Fsp3) is 0.299. The maximum absolute atomic E-state index is 8.98. The summed E-state index contributed by atoms with van der Waals surface area (Å²) in [5, 5.41) is 7.59. The van der Waals surface area contributed by atoms with Crippen LogP contribution in [0.1, 0.15) is 0 Å². The SMILES string of the molecule is C[Si](C)(C)O[Si](C)(C)O[Si](O[Si](C)(C)O[Si](O[Si](C)(C)C)(c1ccccc1)c1ccccc1)(O[Si](O[Si](C)(C)O[Si](O[Si](C)(C)C)(c1ccccc1)c1ccccc1)(O[Si](C)(C)O[Si](O[Si](C)(C)C)(c1ccccc1)c1ccccc1)O[Si](O[Si](C)(C)C)(c1ccccc1)c1ccccc1)c1ccccc1. The van der Waals surface area contributed by atoms with Gasteiger partial charge in [0.2, 0.25) is 0 Å². The Balaban J connectivity index is 1.49. The Morgan fingerprint density at radius 2 is 0.302 bits per heavy atom. The molecule has 29 heteroatoms. The fourth-order valence-electron chi connectivity index (χ4n) is 13.1. The highest BCUT2D eigenvalue weighted by molar-refractivity contribution is 7.08. The van der Waals surface area contributed by atoms with Gasteiger partial charge in [-0.1, -0.05) is 273 Å². The molecule has 0 fully saturated rings. The van der Waals surface area contributed by atoms with Gasteiger partial charge in [0.1, 0.15) is 0 Å². The zero-order valence-electron chi connectivity index (χ0n) is 66.7. The van der Waals surface area contributed by atoms with E-state index in [1.54, 1.807) is 0 Å². The Hall–Kier alpha value is -4.33. The predicted octanol–water partition coefficient (Wildman–Crippen LogP) is 14.5. The highest BCUT2D eigenvalue weighted by Gasteiger charge is 2.71. The van der Waals surface area contributed by atoms with Crippen LogP contribution in [-0.4, -0.2) is 128 Å². The molecule has 566 valence electrons. The van der Waals surface area contributed by atoms with E-state index in [1.165, 1.54) is 0 Å². The highest BCUT2D eigenvalue weighted by atomic mass is 28.6. The smallest absolute Gasteiger partial charge is 0.437 e. The Kier molecular flexibility index (Phi) is 27.4. The van der Waals surface area contributed by atoms with Crippen molar-refractivity contribution in [2.45, 2.75) is 151 Å². The van der Waals surface area contributed by atoms with Gasteiger partial charge in [0, 0.05) is 5.19 Å². The van der Waals surface area contributed by atoms with Gasteiger partial charge >= 0.3 is 86.3 Å². The summed E-state index contributed by atoms with van der Waals surface area (Å²) in [5.74, 6) is 0. The fourth-order valence-corrected chi connectivity index (χ4v) is 79.0. The van der Waals surface area contributed by atoms with E-state index in [0.717, 1.165) is 41.5 Å². The first kappa shape index (κ1) is 85.7. The van der Waals surface area contributed by atoms with Gasteiger partial charge in [-0.25, -0.2) is 0 Å². The van der Waals surface area contributed by atoms with E-state index in [-0.39, 0.29) is 0 Å². The molecular weight excluding hydrogens is 1570 g/mol. The maximum Gasteiger partial charge on any atom is 0.645 e. The van der Waals surface area contributed by atoms with Crippen molar-refractivity contribution in [3.63, 3.8) is 0 Å². The van der Waals surface area contributed by atoms with Gasteiger partial charge in [-0.05, 0) is 192 Å². The van der Waals surface area contributed by atoms with Crippen LogP contribution in [0.5, 0.6) is 0 Å². The molecule has 1 unspecified atom stereocenters. The van der Waals surface area contributed by atoms with Crippen molar-refractivity contribution in [1.82, 2.24) is 0 Å². The number of hydrogen-bond acceptors (Lipinski definition) is 14. The molecule has 9 aromatic carbocycles. The summed E-state index contributed by atoms with van der Waals surface area (Å²) in [6.45, 7) is 49.6. The third kappa shape index (κ3) is 22.9. The van der Waals surface area contributed by atoms with Gasteiger partial charge in [0.15, 0.2) is 41.6 Å². The minimum Gasteiger partial charge on any atom is -0.437 e. The first-order valence-electron chi connectivity index (χ1n) is 36.7. The molecule has 1 atom stereocenters. The second kappa shape index (κ2) is 33.9. The third-order valence-electron chi connectivity index (χ3n) is 15.9. The molecule has 0 aliphatic heterocycles. The standard InChI is InChI=1S/C77H114O14Si15/c1-92(2,3)78-97(16,17)86-105(77-67-49-32-50-68-77,87-98(18,19)83-101(79-93(4,5)6,69-51-33-24-34-52-69)70-53-35-25-36-54-70)91-106(90-104(82-96(13,14)15,75-63-45-30-46-64-75)76-65-47-31-48-66-76,88-99(20,21)84-102(80-94(7,8)9,71-55-37-26-38-56-71)72-57-39-27-40-58-72)89-100(22,23)85-103(81-95(10,11)12,73-59-41-28-42-60-73)74-61-43-29-44-62-74/h24-68H,1-23H3. The zero-order chi connectivity index (χ0) is 77.4. The molecule has 0 saturated heterocycles. The van der Waals surface area contributed by atoms with E-state index in [2.05, 4.69) is 320 Å². The summed E-state index contributed by atoms with van der Waals surface area (Å²) in [6.07, 6.45) is 0. The first-order valence-corrected chi connectivity index (χ1v) is 75.6. The Morgan fingerprint density at radius 3 is 0.491 bits per heavy atom. The quantitative estimate of drug-likeness (QED) is 0.0343. The number of benzene rings is 9. The number of rotatable bonds is 37. The van der Waals surface area contributed by atoms with Gasteiger partial charge in [0.05, 0.1) is 0 Å². The van der Waals surface area contributed by atoms with Crippen LogP contribution in [0.4, 0.5) is 0 Å². The van der Waals surface area contributed by atoms with Crippen LogP contribution >= 0.6 is 0 Å². The average Bonchev–Trinajstić information content (AvgIpc) is 0.727. The van der Waals surface area contributed by atoms with E-state index >= 15 is 0 Å². The molecule has 0 aliphatic carbocycles. The van der Waals surface area contributed by atoms with Gasteiger partial charge < -0.3 is 57.6 Å². The Morgan fingerprint density at radius 1 is 0.142 bits per heavy atom. The molecular formula is C77H114O14Si15. The number of hydrogen-bond donors (Lipinski definition) is 0. The molecule has 0 saturated carbocycles. The van der Waals surface area contributed by atoms with Crippen molar-refractivity contribution < 1.29 is 57.6 Å². The van der Waals surface area contributed by atoms with Crippen LogP contribution in [0, 0.1) is 0 Å². The first-order chi connectivity index (χ1) is 49.3. The van der Waals surface area contributed by atoms with Crippen LogP contribution < -0.4 is 46.7 Å². The molecule has 0 aromatic heterocycles. The lowest BCUT2D eigenvalue weighted by Crippen LogP contribution is -2.81. The molecule has 0 bridgehead atoms. The summed E-state index contributed by atoms with van der Waals surface area (Å²) in [7, 11) is -56.2. The largest absolute Gasteiger partial charge is 0.645 e. The van der Waals surface area contributed by atoms with Gasteiger partial charge in [0.25, 0.3) is 0 Å². The van der Waals surface area contributed by atoms with E-state index in [9.17, 15) is 0 Å². The summed E-state index contributed by atoms with van der Waals surface area (Å²) in [5.41, 5.74) is 0. The Labute approximate surface area is 650 Å². The monoisotopic (exact) mass is 1680 g/mol. The van der Waals surface area contributed by atoms with Crippen molar-refractivity contribution in [2.75, 3.05) is 0 Å². The second-order valence-corrected chi connectivity index (χ2v) is 89.4. The molecule has 0 radical (unpaired) electrons. The van der Waals surface area contributed by atoms with E-state index in [0.29, 0.717) is 5.19 Å². The van der Waals surface area contributed by atoms with Crippen molar-refractivity contribution in [2.24, 2.45) is 0 Å². The van der Waals surface area contributed by atoms with Gasteiger partial charge in [-0.2, -0.15) is 0 Å². The van der Waals surface area contributed by atoms with Crippen LogP contribution in [0.25, 0.3) is 0 Å². The van der Waals surface area contributed by atoms with Gasteiger partial charge in [-0.15, -0.1) is 0 Å². The van der Waals surface area contributed by atoms with Crippen LogP contribution in [0.3, 0.4) is 0 Å². The van der Waals surface area contributed by atoms with Crippen molar-refractivity contribution in [1.29, 1.82) is 0 Å². The summed E-state index contributed by atoms with van der Waals surface area (Å²) < 4.78 is 117. The second-order valence-electron chi connectivity index (χ2n) is 33.4. The van der Waals surface area contributed by atoms with E-state index in [4.69, 9.17) is 57.6 Å².